The summed E-state index contributed by atoms with van der Waals surface area (Å²) in [4.78, 5) is 40.0. The largest absolute Gasteiger partial charge is 0.352 e. The zero-order chi connectivity index (χ0) is 24.9. The van der Waals surface area contributed by atoms with Crippen LogP contribution in [-0.4, -0.2) is 34.4 Å². The van der Waals surface area contributed by atoms with Crippen molar-refractivity contribution in [3.8, 4) is 0 Å². The number of rotatable bonds is 6. The highest BCUT2D eigenvalue weighted by molar-refractivity contribution is 6.07. The van der Waals surface area contributed by atoms with Gasteiger partial charge >= 0.3 is 0 Å². The molecule has 2 heterocycles. The van der Waals surface area contributed by atoms with Crippen LogP contribution in [0.3, 0.4) is 0 Å². The standard InChI is InChI=1S/C30H29N3O3/c34-28-12-3-4-17-32(28)20-23-15-13-22(14-16-23)19-31-29(35)25-9-6-18-33(21-25)30(36)27-11-5-8-24-7-1-2-10-26(24)27/h1-5,7-8,10-17,25H,6,9,18-21H2,(H,31,35). The molecule has 1 aromatic heterocycles. The van der Waals surface area contributed by atoms with Crippen LogP contribution in [0.25, 0.3) is 10.8 Å². The normalized spacial score (nSPS) is 15.6. The van der Waals surface area contributed by atoms with Gasteiger partial charge in [0.05, 0.1) is 12.5 Å². The van der Waals surface area contributed by atoms with Gasteiger partial charge in [-0.05, 0) is 46.9 Å². The maximum Gasteiger partial charge on any atom is 0.254 e. The summed E-state index contributed by atoms with van der Waals surface area (Å²) in [7, 11) is 0. The van der Waals surface area contributed by atoms with Crippen molar-refractivity contribution in [2.75, 3.05) is 13.1 Å². The van der Waals surface area contributed by atoms with Crippen LogP contribution in [0.15, 0.2) is 95.9 Å². The van der Waals surface area contributed by atoms with E-state index in [4.69, 9.17) is 0 Å². The topological polar surface area (TPSA) is 71.4 Å². The molecule has 4 aromatic rings. The highest BCUT2D eigenvalue weighted by Gasteiger charge is 2.29. The predicted molar refractivity (Wildman–Crippen MR) is 141 cm³/mol. The minimum absolute atomic E-state index is 0.0163. The minimum atomic E-state index is -0.220. The van der Waals surface area contributed by atoms with Crippen molar-refractivity contribution in [1.82, 2.24) is 14.8 Å². The molecule has 1 unspecified atom stereocenters. The fourth-order valence-electron chi connectivity index (χ4n) is 4.84. The fraction of sp³-hybridized carbons (Fsp3) is 0.233. The van der Waals surface area contributed by atoms with Crippen LogP contribution < -0.4 is 10.9 Å². The molecule has 3 aromatic carbocycles. The van der Waals surface area contributed by atoms with Crippen LogP contribution in [0, 0.1) is 5.92 Å². The van der Waals surface area contributed by atoms with Crippen molar-refractivity contribution in [3.63, 3.8) is 0 Å². The molecule has 5 rings (SSSR count). The Morgan fingerprint density at radius 2 is 1.61 bits per heavy atom. The second-order valence-electron chi connectivity index (χ2n) is 9.32. The van der Waals surface area contributed by atoms with E-state index in [0.29, 0.717) is 31.7 Å². The molecule has 6 nitrogen and oxygen atoms in total. The first kappa shape index (κ1) is 23.5. The van der Waals surface area contributed by atoms with Gasteiger partial charge in [-0.25, -0.2) is 0 Å². The lowest BCUT2D eigenvalue weighted by Crippen LogP contribution is -2.45. The fourth-order valence-corrected chi connectivity index (χ4v) is 4.84. The van der Waals surface area contributed by atoms with E-state index in [2.05, 4.69) is 5.32 Å². The maximum absolute atomic E-state index is 13.3. The number of carbonyl (C=O) groups is 2. The Morgan fingerprint density at radius 1 is 0.861 bits per heavy atom. The molecule has 1 fully saturated rings. The summed E-state index contributed by atoms with van der Waals surface area (Å²) in [6, 6.07) is 26.7. The second kappa shape index (κ2) is 10.6. The number of amides is 2. The number of hydrogen-bond acceptors (Lipinski definition) is 3. The lowest BCUT2D eigenvalue weighted by molar-refractivity contribution is -0.126. The van der Waals surface area contributed by atoms with Crippen LogP contribution in [-0.2, 0) is 17.9 Å². The number of fused-ring (bicyclic) bond motifs is 1. The molecule has 0 spiro atoms. The quantitative estimate of drug-likeness (QED) is 0.450. The zero-order valence-corrected chi connectivity index (χ0v) is 20.1. The Bertz CT molecular complexity index is 1440. The first-order valence-corrected chi connectivity index (χ1v) is 12.4. The Kier molecular flexibility index (Phi) is 6.94. The first-order chi connectivity index (χ1) is 17.6. The summed E-state index contributed by atoms with van der Waals surface area (Å²) in [6.07, 6.45) is 3.35. The molecule has 0 aliphatic carbocycles. The van der Waals surface area contributed by atoms with Crippen molar-refractivity contribution in [2.45, 2.75) is 25.9 Å². The minimum Gasteiger partial charge on any atom is -0.352 e. The molecule has 6 heteroatoms. The van der Waals surface area contributed by atoms with E-state index in [1.165, 1.54) is 0 Å². The van der Waals surface area contributed by atoms with Crippen LogP contribution in [0.5, 0.6) is 0 Å². The summed E-state index contributed by atoms with van der Waals surface area (Å²) in [5, 5.41) is 5.02. The predicted octanol–water partition coefficient (Wildman–Crippen LogP) is 4.22. The maximum atomic E-state index is 13.3. The number of carbonyl (C=O) groups excluding carboxylic acids is 2. The summed E-state index contributed by atoms with van der Waals surface area (Å²) in [5.41, 5.74) is 2.67. The Labute approximate surface area is 210 Å². The summed E-state index contributed by atoms with van der Waals surface area (Å²) in [5.74, 6) is -0.260. The number of aromatic nitrogens is 1. The van der Waals surface area contributed by atoms with Gasteiger partial charge in [0.1, 0.15) is 0 Å². The Hall–Kier alpha value is -4.19. The molecule has 2 amide bonds. The molecule has 0 radical (unpaired) electrons. The average molecular weight is 480 g/mol. The molecule has 1 N–H and O–H groups in total. The zero-order valence-electron chi connectivity index (χ0n) is 20.1. The van der Waals surface area contributed by atoms with Crippen molar-refractivity contribution in [1.29, 1.82) is 0 Å². The van der Waals surface area contributed by atoms with Gasteiger partial charge in [0, 0.05) is 37.5 Å². The van der Waals surface area contributed by atoms with Gasteiger partial charge in [-0.15, -0.1) is 0 Å². The number of piperidine rings is 1. The molecule has 182 valence electrons. The van der Waals surface area contributed by atoms with E-state index in [1.54, 1.807) is 22.9 Å². The molecule has 1 atom stereocenters. The molecule has 0 saturated carbocycles. The molecular weight excluding hydrogens is 450 g/mol. The lowest BCUT2D eigenvalue weighted by Gasteiger charge is -2.32. The molecule has 1 aliphatic rings. The monoisotopic (exact) mass is 479 g/mol. The van der Waals surface area contributed by atoms with Gasteiger partial charge in [0.25, 0.3) is 11.5 Å². The van der Waals surface area contributed by atoms with E-state index >= 15 is 0 Å². The van der Waals surface area contributed by atoms with Gasteiger partial charge in [-0.2, -0.15) is 0 Å². The third kappa shape index (κ3) is 5.23. The van der Waals surface area contributed by atoms with E-state index in [0.717, 1.165) is 34.7 Å². The van der Waals surface area contributed by atoms with Gasteiger partial charge in [0.2, 0.25) is 5.91 Å². The SMILES string of the molecule is O=C(NCc1ccc(Cn2ccccc2=O)cc1)C1CCCN(C(=O)c2cccc3ccccc23)C1. The summed E-state index contributed by atoms with van der Waals surface area (Å²) < 4.78 is 1.66. The van der Waals surface area contributed by atoms with E-state index in [-0.39, 0.29) is 23.3 Å². The number of hydrogen-bond donors (Lipinski definition) is 1. The lowest BCUT2D eigenvalue weighted by atomic mass is 9.95. The molecule has 36 heavy (non-hydrogen) atoms. The van der Waals surface area contributed by atoms with E-state index in [9.17, 15) is 14.4 Å². The van der Waals surface area contributed by atoms with Crippen LogP contribution in [0.4, 0.5) is 0 Å². The second-order valence-corrected chi connectivity index (χ2v) is 9.32. The number of nitrogens with zero attached hydrogens (tertiary/aromatic N) is 2. The number of nitrogens with one attached hydrogen (secondary N) is 1. The van der Waals surface area contributed by atoms with E-state index < -0.39 is 0 Å². The van der Waals surface area contributed by atoms with E-state index in [1.807, 2.05) is 77.7 Å². The third-order valence-corrected chi connectivity index (χ3v) is 6.84. The Balaban J connectivity index is 1.18. The number of pyridine rings is 1. The average Bonchev–Trinajstić information content (AvgIpc) is 2.93. The van der Waals surface area contributed by atoms with Gasteiger partial charge < -0.3 is 14.8 Å². The van der Waals surface area contributed by atoms with Crippen molar-refractivity contribution >= 4 is 22.6 Å². The third-order valence-electron chi connectivity index (χ3n) is 6.84. The van der Waals surface area contributed by atoms with Crippen molar-refractivity contribution in [2.24, 2.45) is 5.92 Å². The molecule has 1 saturated heterocycles. The van der Waals surface area contributed by atoms with Gasteiger partial charge in [-0.1, -0.05) is 66.7 Å². The van der Waals surface area contributed by atoms with Crippen LogP contribution >= 0.6 is 0 Å². The number of likely N-dealkylation sites (tertiary alicyclic amines) is 1. The van der Waals surface area contributed by atoms with Crippen LogP contribution in [0.1, 0.15) is 34.3 Å². The molecule has 0 bridgehead atoms. The first-order valence-electron chi connectivity index (χ1n) is 12.4. The molecule has 1 aliphatic heterocycles. The Morgan fingerprint density at radius 3 is 2.44 bits per heavy atom. The van der Waals surface area contributed by atoms with Crippen LogP contribution in [0.2, 0.25) is 0 Å². The summed E-state index contributed by atoms with van der Waals surface area (Å²) in [6.45, 7) is 2.03. The van der Waals surface area contributed by atoms with Gasteiger partial charge in [0.15, 0.2) is 0 Å². The smallest absolute Gasteiger partial charge is 0.254 e. The van der Waals surface area contributed by atoms with Gasteiger partial charge in [-0.3, -0.25) is 14.4 Å². The highest BCUT2D eigenvalue weighted by Crippen LogP contribution is 2.23. The van der Waals surface area contributed by atoms with Crippen molar-refractivity contribution in [3.05, 3.63) is 118 Å². The number of benzene rings is 3. The summed E-state index contributed by atoms with van der Waals surface area (Å²) >= 11 is 0. The molecular formula is C30H29N3O3. The van der Waals surface area contributed by atoms with Crippen molar-refractivity contribution < 1.29 is 9.59 Å². The highest BCUT2D eigenvalue weighted by atomic mass is 16.2.